The number of hydrogen-bond acceptors (Lipinski definition) is 5. The van der Waals surface area contributed by atoms with E-state index in [2.05, 4.69) is 10.5 Å². The van der Waals surface area contributed by atoms with Gasteiger partial charge in [-0.05, 0) is 55.7 Å². The summed E-state index contributed by atoms with van der Waals surface area (Å²) in [4.78, 5) is 23.6. The topological polar surface area (TPSA) is 102 Å². The van der Waals surface area contributed by atoms with Gasteiger partial charge in [-0.2, -0.15) is 0 Å². The van der Waals surface area contributed by atoms with Crippen molar-refractivity contribution >= 4 is 29.4 Å². The third kappa shape index (κ3) is 5.59. The van der Waals surface area contributed by atoms with Gasteiger partial charge in [0.2, 0.25) is 0 Å². The van der Waals surface area contributed by atoms with Crippen LogP contribution in [0.1, 0.15) is 48.4 Å². The highest BCUT2D eigenvalue weighted by Gasteiger charge is 2.27. The molecule has 1 amide bonds. The fourth-order valence-corrected chi connectivity index (χ4v) is 4.62. The average molecular weight is 483 g/mol. The zero-order valence-electron chi connectivity index (χ0n) is 18.9. The number of carbonyl (C=O) groups excluding carboxylic acids is 1. The molecule has 8 heteroatoms. The molecule has 1 saturated carbocycles. The van der Waals surface area contributed by atoms with Crippen molar-refractivity contribution in [3.8, 4) is 11.3 Å². The molecule has 3 aromatic rings. The Morgan fingerprint density at radius 3 is 2.50 bits per heavy atom. The molecule has 1 aromatic heterocycles. The normalized spacial score (nSPS) is 17.8. The van der Waals surface area contributed by atoms with Crippen LogP contribution in [0.3, 0.4) is 0 Å². The molecule has 1 heterocycles. The van der Waals surface area contributed by atoms with Crippen LogP contribution in [0.4, 0.5) is 10.5 Å². The number of carboxylic acid groups (broad SMARTS) is 1. The molecule has 0 bridgehead atoms. The summed E-state index contributed by atoms with van der Waals surface area (Å²) in [5.41, 5.74) is 3.90. The molecule has 0 radical (unpaired) electrons. The molecule has 7 nitrogen and oxygen atoms in total. The maximum absolute atomic E-state index is 12.4. The fourth-order valence-electron chi connectivity index (χ4n) is 4.39. The first-order valence-corrected chi connectivity index (χ1v) is 11.8. The number of carbonyl (C=O) groups is 2. The lowest BCUT2D eigenvalue weighted by atomic mass is 9.78. The zero-order valence-corrected chi connectivity index (χ0v) is 19.7. The second-order valence-electron chi connectivity index (χ2n) is 8.58. The number of benzene rings is 2. The van der Waals surface area contributed by atoms with Crippen molar-refractivity contribution in [3.63, 3.8) is 0 Å². The van der Waals surface area contributed by atoms with E-state index >= 15 is 0 Å². The lowest BCUT2D eigenvalue weighted by Crippen LogP contribution is -2.20. The van der Waals surface area contributed by atoms with Crippen molar-refractivity contribution in [1.29, 1.82) is 0 Å². The predicted molar refractivity (Wildman–Crippen MR) is 129 cm³/mol. The van der Waals surface area contributed by atoms with E-state index in [1.54, 1.807) is 13.0 Å². The summed E-state index contributed by atoms with van der Waals surface area (Å²) in [6.07, 6.45) is 3.06. The van der Waals surface area contributed by atoms with E-state index in [1.807, 2.05) is 42.5 Å². The zero-order chi connectivity index (χ0) is 24.1. The van der Waals surface area contributed by atoms with Crippen LogP contribution < -0.4 is 5.32 Å². The number of anilines is 1. The van der Waals surface area contributed by atoms with Gasteiger partial charge >= 0.3 is 12.1 Å². The minimum Gasteiger partial charge on any atom is -0.481 e. The van der Waals surface area contributed by atoms with Gasteiger partial charge in [0.25, 0.3) is 0 Å². The van der Waals surface area contributed by atoms with Crippen molar-refractivity contribution in [2.24, 2.45) is 5.92 Å². The molecule has 1 aliphatic carbocycles. The highest BCUT2D eigenvalue weighted by Crippen LogP contribution is 2.37. The van der Waals surface area contributed by atoms with Gasteiger partial charge in [-0.1, -0.05) is 59.2 Å². The summed E-state index contributed by atoms with van der Waals surface area (Å²) in [6.45, 7) is 1.94. The molecule has 1 aliphatic rings. The van der Waals surface area contributed by atoms with Crippen LogP contribution in [0.2, 0.25) is 5.02 Å². The molecule has 178 valence electrons. The summed E-state index contributed by atoms with van der Waals surface area (Å²) < 4.78 is 10.8. The smallest absolute Gasteiger partial charge is 0.411 e. The Bertz CT molecular complexity index is 1150. The number of carboxylic acids is 1. The Balaban J connectivity index is 1.37. The molecule has 2 N–H and O–H groups in total. The average Bonchev–Trinajstić information content (AvgIpc) is 3.20. The molecule has 0 saturated heterocycles. The lowest BCUT2D eigenvalue weighted by Gasteiger charge is -2.26. The van der Waals surface area contributed by atoms with E-state index in [0.717, 1.165) is 24.0 Å². The number of nitrogens with one attached hydrogen (secondary N) is 1. The molecule has 34 heavy (non-hydrogen) atoms. The number of nitrogens with zero attached hydrogens (tertiary/aromatic N) is 1. The standard InChI is InChI=1S/C26H27ClN2O5/c1-16-23(28-26(32)33-15-14-19-4-2-3-5-22(19)27)24(34-29-16)20-10-6-17(7-11-20)18-8-12-21(13-9-18)25(30)31/h2-7,10-11,18,21H,8-9,12-15H2,1H3,(H,28,32)(H,30,31). The van der Waals surface area contributed by atoms with E-state index in [1.165, 1.54) is 5.56 Å². The molecule has 4 rings (SSSR count). The number of hydrogen-bond donors (Lipinski definition) is 2. The summed E-state index contributed by atoms with van der Waals surface area (Å²) in [6, 6.07) is 15.4. The van der Waals surface area contributed by atoms with Crippen molar-refractivity contribution in [3.05, 3.63) is 70.4 Å². The number of amides is 1. The largest absolute Gasteiger partial charge is 0.481 e. The Morgan fingerprint density at radius 2 is 1.82 bits per heavy atom. The number of aryl methyl sites for hydroxylation is 1. The van der Waals surface area contributed by atoms with Crippen LogP contribution in [0.15, 0.2) is 53.1 Å². The van der Waals surface area contributed by atoms with Gasteiger partial charge in [-0.3, -0.25) is 10.1 Å². The van der Waals surface area contributed by atoms with E-state index in [0.29, 0.717) is 47.3 Å². The first-order chi connectivity index (χ1) is 16.4. The number of ether oxygens (including phenoxy) is 1. The highest BCUT2D eigenvalue weighted by molar-refractivity contribution is 6.31. The van der Waals surface area contributed by atoms with Gasteiger partial charge in [0, 0.05) is 17.0 Å². The minimum absolute atomic E-state index is 0.189. The Labute approximate surface area is 203 Å². The molecule has 0 unspecified atom stereocenters. The van der Waals surface area contributed by atoms with Gasteiger partial charge in [-0.25, -0.2) is 4.79 Å². The summed E-state index contributed by atoms with van der Waals surface area (Å²) in [5.74, 6) is -0.115. The van der Waals surface area contributed by atoms with Crippen molar-refractivity contribution in [2.75, 3.05) is 11.9 Å². The maximum Gasteiger partial charge on any atom is 0.411 e. The Morgan fingerprint density at radius 1 is 1.12 bits per heavy atom. The van der Waals surface area contributed by atoms with Gasteiger partial charge in [-0.15, -0.1) is 0 Å². The van der Waals surface area contributed by atoms with E-state index in [9.17, 15) is 14.7 Å². The van der Waals surface area contributed by atoms with Gasteiger partial charge in [0.1, 0.15) is 11.4 Å². The van der Waals surface area contributed by atoms with E-state index in [4.69, 9.17) is 20.9 Å². The molecular formula is C26H27ClN2O5. The highest BCUT2D eigenvalue weighted by atomic mass is 35.5. The van der Waals surface area contributed by atoms with Crippen LogP contribution in [0, 0.1) is 12.8 Å². The van der Waals surface area contributed by atoms with Crippen molar-refractivity contribution in [1.82, 2.24) is 5.16 Å². The molecule has 1 fully saturated rings. The maximum atomic E-state index is 12.4. The van der Waals surface area contributed by atoms with Gasteiger partial charge < -0.3 is 14.4 Å². The van der Waals surface area contributed by atoms with Gasteiger partial charge in [0.15, 0.2) is 5.76 Å². The number of aliphatic carboxylic acids is 1. The molecule has 2 aromatic carbocycles. The monoisotopic (exact) mass is 482 g/mol. The van der Waals surface area contributed by atoms with Crippen molar-refractivity contribution < 1.29 is 24.0 Å². The van der Waals surface area contributed by atoms with E-state index in [-0.39, 0.29) is 12.5 Å². The third-order valence-corrected chi connectivity index (χ3v) is 6.74. The number of aromatic nitrogens is 1. The van der Waals surface area contributed by atoms with Gasteiger partial charge in [0.05, 0.1) is 12.5 Å². The number of halogens is 1. The first kappa shape index (κ1) is 23.8. The van der Waals surface area contributed by atoms with Crippen molar-refractivity contribution in [2.45, 2.75) is 44.9 Å². The first-order valence-electron chi connectivity index (χ1n) is 11.4. The SMILES string of the molecule is Cc1noc(-c2ccc(C3CCC(C(=O)O)CC3)cc2)c1NC(=O)OCCc1ccccc1Cl. The van der Waals surface area contributed by atoms with Crippen LogP contribution in [-0.4, -0.2) is 28.9 Å². The number of rotatable bonds is 7. The quantitative estimate of drug-likeness (QED) is 0.401. The second-order valence-corrected chi connectivity index (χ2v) is 8.99. The van der Waals surface area contributed by atoms with Crippen LogP contribution in [-0.2, 0) is 16.0 Å². The van der Waals surface area contributed by atoms with Crippen LogP contribution in [0.5, 0.6) is 0 Å². The second kappa shape index (κ2) is 10.7. The predicted octanol–water partition coefficient (Wildman–Crippen LogP) is 6.45. The Hall–Kier alpha value is -3.32. The van der Waals surface area contributed by atoms with E-state index < -0.39 is 12.1 Å². The fraction of sp³-hybridized carbons (Fsp3) is 0.346. The third-order valence-electron chi connectivity index (χ3n) is 6.37. The lowest BCUT2D eigenvalue weighted by molar-refractivity contribution is -0.142. The molecular weight excluding hydrogens is 456 g/mol. The minimum atomic E-state index is -0.697. The summed E-state index contributed by atoms with van der Waals surface area (Å²) in [5, 5.41) is 16.6. The molecule has 0 spiro atoms. The Kier molecular flexibility index (Phi) is 7.53. The van der Waals surface area contributed by atoms with Crippen LogP contribution in [0.25, 0.3) is 11.3 Å². The summed E-state index contributed by atoms with van der Waals surface area (Å²) in [7, 11) is 0. The molecule has 0 aliphatic heterocycles. The van der Waals surface area contributed by atoms with Crippen LogP contribution >= 0.6 is 11.6 Å². The molecule has 0 atom stereocenters. The summed E-state index contributed by atoms with van der Waals surface area (Å²) >= 11 is 6.14.